The standard InChI is InChI=1S/C21H19BrF3N5O2/c22-14-5-3-4-13(12-14)18(20(32)7-1-2-8-20)28-19(31)16-17(30-11-10-27-29-30)15(6-9-26-16)21(23,24)25/h3-6,9-12,18,32H,1-2,7-8H2,(H,28,31)/t18-/m0/s1. The highest BCUT2D eigenvalue weighted by Gasteiger charge is 2.42. The minimum Gasteiger partial charge on any atom is -0.387 e. The lowest BCUT2D eigenvalue weighted by molar-refractivity contribution is -0.137. The van der Waals surface area contributed by atoms with Crippen LogP contribution in [0.25, 0.3) is 5.69 Å². The molecule has 4 rings (SSSR count). The number of nitrogens with zero attached hydrogens (tertiary/aromatic N) is 4. The van der Waals surface area contributed by atoms with Crippen molar-refractivity contribution in [2.75, 3.05) is 0 Å². The molecule has 3 aromatic rings. The van der Waals surface area contributed by atoms with E-state index in [2.05, 4.69) is 36.5 Å². The molecule has 1 aromatic carbocycles. The molecule has 1 saturated carbocycles. The van der Waals surface area contributed by atoms with E-state index < -0.39 is 40.7 Å². The molecule has 1 atom stereocenters. The van der Waals surface area contributed by atoms with Crippen molar-refractivity contribution < 1.29 is 23.1 Å². The summed E-state index contributed by atoms with van der Waals surface area (Å²) in [7, 11) is 0. The third kappa shape index (κ3) is 4.40. The number of aliphatic hydroxyl groups is 1. The molecule has 2 aromatic heterocycles. The summed E-state index contributed by atoms with van der Waals surface area (Å²) in [6.07, 6.45) is 1.07. The topological polar surface area (TPSA) is 92.9 Å². The van der Waals surface area contributed by atoms with Gasteiger partial charge in [-0.2, -0.15) is 13.2 Å². The van der Waals surface area contributed by atoms with Crippen LogP contribution >= 0.6 is 15.9 Å². The smallest absolute Gasteiger partial charge is 0.387 e. The average Bonchev–Trinajstić information content (AvgIpc) is 3.43. The molecule has 1 aliphatic carbocycles. The number of alkyl halides is 3. The predicted octanol–water partition coefficient (Wildman–Crippen LogP) is 4.22. The molecule has 0 saturated heterocycles. The number of hydrogen-bond acceptors (Lipinski definition) is 5. The second-order valence-corrected chi connectivity index (χ2v) is 8.59. The van der Waals surface area contributed by atoms with Crippen LogP contribution in [0.15, 0.2) is 53.4 Å². The van der Waals surface area contributed by atoms with Crippen molar-refractivity contribution in [2.45, 2.75) is 43.5 Å². The molecule has 11 heteroatoms. The highest BCUT2D eigenvalue weighted by Crippen LogP contribution is 2.41. The molecule has 1 amide bonds. The Labute approximate surface area is 189 Å². The van der Waals surface area contributed by atoms with E-state index >= 15 is 0 Å². The quantitative estimate of drug-likeness (QED) is 0.537. The third-order valence-corrected chi connectivity index (χ3v) is 6.05. The van der Waals surface area contributed by atoms with Crippen molar-refractivity contribution in [1.82, 2.24) is 25.3 Å². The van der Waals surface area contributed by atoms with Gasteiger partial charge in [0, 0.05) is 10.7 Å². The van der Waals surface area contributed by atoms with E-state index in [1.807, 2.05) is 0 Å². The maximum atomic E-state index is 13.7. The van der Waals surface area contributed by atoms with Crippen LogP contribution in [0.1, 0.15) is 53.3 Å². The number of benzene rings is 1. The maximum Gasteiger partial charge on any atom is 0.418 e. The summed E-state index contributed by atoms with van der Waals surface area (Å²) in [4.78, 5) is 17.2. The average molecular weight is 510 g/mol. The van der Waals surface area contributed by atoms with Gasteiger partial charge in [-0.3, -0.25) is 4.79 Å². The van der Waals surface area contributed by atoms with Crippen molar-refractivity contribution in [1.29, 1.82) is 0 Å². The number of aromatic nitrogens is 4. The molecule has 1 aliphatic rings. The lowest BCUT2D eigenvalue weighted by atomic mass is 9.87. The highest BCUT2D eigenvalue weighted by molar-refractivity contribution is 9.10. The van der Waals surface area contributed by atoms with Gasteiger partial charge in [0.05, 0.1) is 29.6 Å². The fourth-order valence-corrected chi connectivity index (χ4v) is 4.51. The summed E-state index contributed by atoms with van der Waals surface area (Å²) < 4.78 is 42.7. The van der Waals surface area contributed by atoms with Gasteiger partial charge in [0.2, 0.25) is 0 Å². The van der Waals surface area contributed by atoms with E-state index in [0.29, 0.717) is 18.4 Å². The lowest BCUT2D eigenvalue weighted by Gasteiger charge is -2.34. The van der Waals surface area contributed by atoms with Gasteiger partial charge in [0.25, 0.3) is 5.91 Å². The van der Waals surface area contributed by atoms with Gasteiger partial charge in [-0.25, -0.2) is 9.67 Å². The Kier molecular flexibility index (Phi) is 6.04. The zero-order valence-corrected chi connectivity index (χ0v) is 18.3. The van der Waals surface area contributed by atoms with E-state index in [9.17, 15) is 23.1 Å². The molecular formula is C21H19BrF3N5O2. The van der Waals surface area contributed by atoms with E-state index in [0.717, 1.165) is 34.3 Å². The van der Waals surface area contributed by atoms with Crippen LogP contribution in [-0.4, -0.2) is 36.6 Å². The van der Waals surface area contributed by atoms with Crippen molar-refractivity contribution >= 4 is 21.8 Å². The zero-order valence-electron chi connectivity index (χ0n) is 16.7. The van der Waals surface area contributed by atoms with E-state index in [4.69, 9.17) is 0 Å². The van der Waals surface area contributed by atoms with Crippen molar-refractivity contribution in [3.63, 3.8) is 0 Å². The van der Waals surface area contributed by atoms with Crippen LogP contribution in [-0.2, 0) is 6.18 Å². The van der Waals surface area contributed by atoms with E-state index in [1.54, 1.807) is 24.3 Å². The zero-order chi connectivity index (χ0) is 22.9. The van der Waals surface area contributed by atoms with Crippen molar-refractivity contribution in [3.05, 3.63) is 70.2 Å². The first kappa shape index (κ1) is 22.4. The Morgan fingerprint density at radius 3 is 2.59 bits per heavy atom. The van der Waals surface area contributed by atoms with Crippen molar-refractivity contribution in [3.8, 4) is 5.69 Å². The highest BCUT2D eigenvalue weighted by atomic mass is 79.9. The first-order valence-electron chi connectivity index (χ1n) is 9.91. The molecule has 2 N–H and O–H groups in total. The molecule has 0 unspecified atom stereocenters. The summed E-state index contributed by atoms with van der Waals surface area (Å²) in [5, 5.41) is 21.2. The number of pyridine rings is 1. The summed E-state index contributed by atoms with van der Waals surface area (Å²) in [6, 6.07) is 7.03. The molecule has 1 fully saturated rings. The maximum absolute atomic E-state index is 13.7. The van der Waals surface area contributed by atoms with Gasteiger partial charge in [-0.15, -0.1) is 5.10 Å². The molecular weight excluding hydrogens is 491 g/mol. The molecule has 0 spiro atoms. The van der Waals surface area contributed by atoms with Crippen LogP contribution < -0.4 is 5.32 Å². The molecule has 168 valence electrons. The molecule has 0 bridgehead atoms. The fourth-order valence-electron chi connectivity index (χ4n) is 4.10. The molecule has 32 heavy (non-hydrogen) atoms. The first-order valence-corrected chi connectivity index (χ1v) is 10.7. The Morgan fingerprint density at radius 1 is 1.22 bits per heavy atom. The summed E-state index contributed by atoms with van der Waals surface area (Å²) in [5.41, 5.74) is -2.66. The monoisotopic (exact) mass is 509 g/mol. The molecule has 2 heterocycles. The van der Waals surface area contributed by atoms with Crippen molar-refractivity contribution in [2.24, 2.45) is 0 Å². The van der Waals surface area contributed by atoms with Gasteiger partial charge >= 0.3 is 6.18 Å². The number of carbonyl (C=O) groups is 1. The van der Waals surface area contributed by atoms with E-state index in [-0.39, 0.29) is 0 Å². The van der Waals surface area contributed by atoms with Crippen LogP contribution in [0.4, 0.5) is 13.2 Å². The summed E-state index contributed by atoms with van der Waals surface area (Å²) in [5.74, 6) is -0.855. The first-order chi connectivity index (χ1) is 15.2. The second kappa shape index (κ2) is 8.62. The van der Waals surface area contributed by atoms with Crippen LogP contribution in [0.2, 0.25) is 0 Å². The van der Waals surface area contributed by atoms with Gasteiger partial charge in [0.15, 0.2) is 5.69 Å². The predicted molar refractivity (Wildman–Crippen MR) is 112 cm³/mol. The Morgan fingerprint density at radius 2 is 1.97 bits per heavy atom. The second-order valence-electron chi connectivity index (χ2n) is 7.67. The lowest BCUT2D eigenvalue weighted by Crippen LogP contribution is -2.45. The number of hydrogen-bond donors (Lipinski definition) is 2. The SMILES string of the molecule is O=C(N[C@@H](c1cccc(Br)c1)C1(O)CCCC1)c1nccc(C(F)(F)F)c1-n1ccnn1. The molecule has 0 aliphatic heterocycles. The minimum atomic E-state index is -4.74. The van der Waals surface area contributed by atoms with Gasteiger partial charge in [-0.05, 0) is 36.6 Å². The number of amides is 1. The summed E-state index contributed by atoms with van der Waals surface area (Å²) in [6.45, 7) is 0. The van der Waals surface area contributed by atoms with Crippen LogP contribution in [0.5, 0.6) is 0 Å². The van der Waals surface area contributed by atoms with Crippen LogP contribution in [0, 0.1) is 0 Å². The fraction of sp³-hybridized carbons (Fsp3) is 0.333. The number of nitrogens with one attached hydrogen (secondary N) is 1. The van der Waals surface area contributed by atoms with Gasteiger partial charge in [0.1, 0.15) is 5.69 Å². The Balaban J connectivity index is 1.78. The summed E-state index contributed by atoms with van der Waals surface area (Å²) >= 11 is 3.39. The number of rotatable bonds is 5. The minimum absolute atomic E-state index is 0.455. The number of carbonyl (C=O) groups excluding carboxylic acids is 1. The third-order valence-electron chi connectivity index (χ3n) is 5.56. The van der Waals surface area contributed by atoms with Crippen LogP contribution in [0.3, 0.4) is 0 Å². The van der Waals surface area contributed by atoms with Gasteiger partial charge < -0.3 is 10.4 Å². The van der Waals surface area contributed by atoms with Gasteiger partial charge in [-0.1, -0.05) is 46.1 Å². The molecule has 0 radical (unpaired) electrons. The molecule has 7 nitrogen and oxygen atoms in total. The van der Waals surface area contributed by atoms with E-state index in [1.165, 1.54) is 12.4 Å². The largest absolute Gasteiger partial charge is 0.418 e. The Bertz CT molecular complexity index is 1110. The number of halogens is 4. The normalized spacial score (nSPS) is 16.7. The Hall–Kier alpha value is -2.79.